The van der Waals surface area contributed by atoms with Crippen molar-refractivity contribution in [3.63, 3.8) is 0 Å². The molecule has 0 aliphatic carbocycles. The lowest BCUT2D eigenvalue weighted by Crippen LogP contribution is -2.59. The van der Waals surface area contributed by atoms with Gasteiger partial charge in [0, 0.05) is 19.6 Å². The Morgan fingerprint density at radius 3 is 2.80 bits per heavy atom. The van der Waals surface area contributed by atoms with E-state index >= 15 is 0 Å². The smallest absolute Gasteiger partial charge is 0.123 e. The first-order valence-electron chi connectivity index (χ1n) is 4.26. The Labute approximate surface area is 62.2 Å². The van der Waals surface area contributed by atoms with E-state index < -0.39 is 0 Å². The van der Waals surface area contributed by atoms with Gasteiger partial charge in [0.1, 0.15) is 5.72 Å². The first-order valence-corrected chi connectivity index (χ1v) is 4.26. The fourth-order valence-corrected chi connectivity index (χ4v) is 2.09. The second-order valence-electron chi connectivity index (χ2n) is 3.23. The maximum atomic E-state index is 5.71. The number of nitrogens with zero attached hydrogens (tertiary/aromatic N) is 1. The van der Waals surface area contributed by atoms with Crippen LogP contribution in [0.1, 0.15) is 26.2 Å². The third kappa shape index (κ3) is 0.722. The van der Waals surface area contributed by atoms with E-state index in [2.05, 4.69) is 11.8 Å². The van der Waals surface area contributed by atoms with Gasteiger partial charge in [0.15, 0.2) is 0 Å². The summed E-state index contributed by atoms with van der Waals surface area (Å²) in [6.45, 7) is 5.59. The minimum Gasteiger partial charge on any atom is -0.360 e. The predicted molar refractivity (Wildman–Crippen MR) is 39.8 cm³/mol. The lowest BCUT2D eigenvalue weighted by molar-refractivity contribution is -0.186. The fraction of sp³-hybridized carbons (Fsp3) is 1.00. The summed E-state index contributed by atoms with van der Waals surface area (Å²) in [6.07, 6.45) is 3.79. The summed E-state index contributed by atoms with van der Waals surface area (Å²) >= 11 is 0. The van der Waals surface area contributed by atoms with Crippen molar-refractivity contribution in [3.8, 4) is 0 Å². The highest BCUT2D eigenvalue weighted by Crippen LogP contribution is 2.39. The summed E-state index contributed by atoms with van der Waals surface area (Å²) in [5.74, 6) is 0. The highest BCUT2D eigenvalue weighted by molar-refractivity contribution is 4.93. The van der Waals surface area contributed by atoms with Gasteiger partial charge in [-0.2, -0.15) is 0 Å². The van der Waals surface area contributed by atoms with Crippen LogP contribution in [-0.2, 0) is 4.74 Å². The third-order valence-corrected chi connectivity index (χ3v) is 2.81. The van der Waals surface area contributed by atoms with Crippen molar-refractivity contribution in [2.45, 2.75) is 31.9 Å². The minimum absolute atomic E-state index is 0.217. The normalized spacial score (nSPS) is 40.5. The molecule has 2 saturated heterocycles. The van der Waals surface area contributed by atoms with Crippen LogP contribution in [-0.4, -0.2) is 30.3 Å². The van der Waals surface area contributed by atoms with Gasteiger partial charge in [0.05, 0.1) is 0 Å². The molecule has 0 aromatic rings. The second kappa shape index (κ2) is 2.21. The molecule has 0 aromatic heterocycles. The molecule has 2 heteroatoms. The van der Waals surface area contributed by atoms with Gasteiger partial charge in [0.25, 0.3) is 0 Å². The minimum atomic E-state index is 0.217. The molecule has 0 aromatic carbocycles. The molecule has 2 heterocycles. The number of likely N-dealkylation sites (tertiary alicyclic amines) is 1. The van der Waals surface area contributed by atoms with Gasteiger partial charge in [-0.05, 0) is 19.4 Å². The van der Waals surface area contributed by atoms with Crippen LogP contribution in [0.25, 0.3) is 0 Å². The first kappa shape index (κ1) is 6.62. The molecule has 1 atom stereocenters. The largest absolute Gasteiger partial charge is 0.360 e. The van der Waals surface area contributed by atoms with E-state index in [1.807, 2.05) is 0 Å². The average molecular weight is 141 g/mol. The van der Waals surface area contributed by atoms with Crippen LogP contribution < -0.4 is 0 Å². The highest BCUT2D eigenvalue weighted by atomic mass is 16.5. The van der Waals surface area contributed by atoms with Crippen molar-refractivity contribution in [2.24, 2.45) is 0 Å². The molecule has 2 aliphatic rings. The van der Waals surface area contributed by atoms with Crippen molar-refractivity contribution in [1.82, 2.24) is 4.90 Å². The maximum absolute atomic E-state index is 5.71. The number of rotatable bonds is 1. The van der Waals surface area contributed by atoms with Crippen LogP contribution in [0.2, 0.25) is 0 Å². The Bertz CT molecular complexity index is 127. The zero-order chi connectivity index (χ0) is 7.03. The van der Waals surface area contributed by atoms with Crippen molar-refractivity contribution in [2.75, 3.05) is 19.7 Å². The van der Waals surface area contributed by atoms with Gasteiger partial charge in [-0.3, -0.25) is 4.90 Å². The zero-order valence-electron chi connectivity index (χ0n) is 6.60. The molecule has 0 bridgehead atoms. The van der Waals surface area contributed by atoms with Gasteiger partial charge >= 0.3 is 0 Å². The quantitative estimate of drug-likeness (QED) is 0.544. The summed E-state index contributed by atoms with van der Waals surface area (Å²) in [6, 6.07) is 0. The van der Waals surface area contributed by atoms with Crippen LogP contribution >= 0.6 is 0 Å². The van der Waals surface area contributed by atoms with Crippen molar-refractivity contribution in [1.29, 1.82) is 0 Å². The van der Waals surface area contributed by atoms with Crippen molar-refractivity contribution in [3.05, 3.63) is 0 Å². The average Bonchev–Trinajstić information content (AvgIpc) is 2.35. The third-order valence-electron chi connectivity index (χ3n) is 2.81. The van der Waals surface area contributed by atoms with Crippen LogP contribution in [0.4, 0.5) is 0 Å². The van der Waals surface area contributed by atoms with Crippen LogP contribution in [0.3, 0.4) is 0 Å². The molecule has 0 amide bonds. The van der Waals surface area contributed by atoms with Crippen LogP contribution in [0, 0.1) is 0 Å². The molecule has 2 nitrogen and oxygen atoms in total. The Balaban J connectivity index is 2.01. The van der Waals surface area contributed by atoms with E-state index in [9.17, 15) is 0 Å². The van der Waals surface area contributed by atoms with Gasteiger partial charge < -0.3 is 4.74 Å². The van der Waals surface area contributed by atoms with Crippen LogP contribution in [0.15, 0.2) is 0 Å². The monoisotopic (exact) mass is 141 g/mol. The molecule has 0 saturated carbocycles. The summed E-state index contributed by atoms with van der Waals surface area (Å²) in [5, 5.41) is 0. The van der Waals surface area contributed by atoms with Gasteiger partial charge in [-0.25, -0.2) is 0 Å². The highest BCUT2D eigenvalue weighted by Gasteiger charge is 2.46. The molecule has 1 unspecified atom stereocenters. The van der Waals surface area contributed by atoms with Gasteiger partial charge in [-0.1, -0.05) is 6.92 Å². The summed E-state index contributed by atoms with van der Waals surface area (Å²) in [7, 11) is 0. The molecule has 2 fully saturated rings. The van der Waals surface area contributed by atoms with E-state index in [0.717, 1.165) is 13.2 Å². The summed E-state index contributed by atoms with van der Waals surface area (Å²) in [4.78, 5) is 2.44. The summed E-state index contributed by atoms with van der Waals surface area (Å²) in [5.41, 5.74) is 0.217. The van der Waals surface area contributed by atoms with E-state index in [1.54, 1.807) is 0 Å². The van der Waals surface area contributed by atoms with E-state index in [1.165, 1.54) is 25.8 Å². The molecule has 2 aliphatic heterocycles. The van der Waals surface area contributed by atoms with E-state index in [-0.39, 0.29) is 5.72 Å². The number of hydrogen-bond acceptors (Lipinski definition) is 2. The van der Waals surface area contributed by atoms with E-state index in [4.69, 9.17) is 4.74 Å². The standard InChI is InChI=1S/C8H15NO/c1-2-9-6-5-8(9)4-3-7-10-8/h2-7H2,1H3. The fourth-order valence-electron chi connectivity index (χ4n) is 2.09. The summed E-state index contributed by atoms with van der Waals surface area (Å²) < 4.78 is 5.71. The molecule has 0 N–H and O–H groups in total. The second-order valence-corrected chi connectivity index (χ2v) is 3.23. The molecular weight excluding hydrogens is 126 g/mol. The predicted octanol–water partition coefficient (Wildman–Crippen LogP) is 1.22. The van der Waals surface area contributed by atoms with E-state index in [0.29, 0.717) is 0 Å². The molecular formula is C8H15NO. The van der Waals surface area contributed by atoms with Crippen molar-refractivity contribution < 1.29 is 4.74 Å². The van der Waals surface area contributed by atoms with Crippen molar-refractivity contribution >= 4 is 0 Å². The SMILES string of the molecule is CCN1CCC12CCCO2. The first-order chi connectivity index (χ1) is 4.87. The topological polar surface area (TPSA) is 12.5 Å². The molecule has 0 radical (unpaired) electrons. The zero-order valence-corrected chi connectivity index (χ0v) is 6.60. The number of hydrogen-bond donors (Lipinski definition) is 0. The number of ether oxygens (including phenoxy) is 1. The van der Waals surface area contributed by atoms with Crippen LogP contribution in [0.5, 0.6) is 0 Å². The Morgan fingerprint density at radius 2 is 2.40 bits per heavy atom. The lowest BCUT2D eigenvalue weighted by Gasteiger charge is -2.49. The lowest BCUT2D eigenvalue weighted by atomic mass is 9.95. The molecule has 58 valence electrons. The molecule has 10 heavy (non-hydrogen) atoms. The molecule has 1 spiro atoms. The van der Waals surface area contributed by atoms with Gasteiger partial charge in [0.2, 0.25) is 0 Å². The Kier molecular flexibility index (Phi) is 1.46. The Hall–Kier alpha value is -0.0800. The molecule has 2 rings (SSSR count). The maximum Gasteiger partial charge on any atom is 0.123 e. The Morgan fingerprint density at radius 1 is 1.50 bits per heavy atom. The van der Waals surface area contributed by atoms with Gasteiger partial charge in [-0.15, -0.1) is 0 Å².